The summed E-state index contributed by atoms with van der Waals surface area (Å²) < 4.78 is 53.6. The molecule has 0 spiro atoms. The molecule has 1 N–H and O–H groups in total. The van der Waals surface area contributed by atoms with E-state index in [9.17, 15) is 22.8 Å². The summed E-state index contributed by atoms with van der Waals surface area (Å²) >= 11 is 0. The average Bonchev–Trinajstić information content (AvgIpc) is 3.51. The topological polar surface area (TPSA) is 107 Å². The van der Waals surface area contributed by atoms with Crippen LogP contribution in [0, 0.1) is 27.7 Å². The molecule has 0 bridgehead atoms. The third-order valence-electron chi connectivity index (χ3n) is 5.14. The number of esters is 1. The molecule has 0 aliphatic rings. The molecule has 0 saturated carbocycles. The van der Waals surface area contributed by atoms with Gasteiger partial charge in [-0.2, -0.15) is 13.2 Å². The highest BCUT2D eigenvalue weighted by atomic mass is 19.4. The van der Waals surface area contributed by atoms with Gasteiger partial charge in [0.25, 0.3) is 0 Å². The van der Waals surface area contributed by atoms with E-state index in [2.05, 4.69) is 0 Å². The van der Waals surface area contributed by atoms with E-state index < -0.39 is 30.0 Å². The van der Waals surface area contributed by atoms with Gasteiger partial charge in [-0.3, -0.25) is 4.79 Å². The molecule has 0 atom stereocenters. The first-order valence-electron chi connectivity index (χ1n) is 12.8. The van der Waals surface area contributed by atoms with E-state index in [4.69, 9.17) is 24.8 Å². The molecule has 218 valence electrons. The minimum atomic E-state index is -4.64. The summed E-state index contributed by atoms with van der Waals surface area (Å²) in [6.45, 7) is 15.6. The fourth-order valence-corrected chi connectivity index (χ4v) is 3.32. The van der Waals surface area contributed by atoms with Gasteiger partial charge in [-0.05, 0) is 82.9 Å². The van der Waals surface area contributed by atoms with E-state index >= 15 is 0 Å². The number of aldehydes is 1. The first-order chi connectivity index (χ1) is 18.8. The van der Waals surface area contributed by atoms with E-state index in [0.29, 0.717) is 12.5 Å². The maximum Gasteiger partial charge on any atom is 0.446 e. The van der Waals surface area contributed by atoms with Crippen LogP contribution in [0.3, 0.4) is 0 Å². The van der Waals surface area contributed by atoms with Gasteiger partial charge < -0.3 is 18.7 Å². The van der Waals surface area contributed by atoms with Crippen molar-refractivity contribution in [2.24, 2.45) is 0 Å². The number of carbonyl (C=O) groups excluding carboxylic acids is 2. The van der Waals surface area contributed by atoms with Crippen molar-refractivity contribution in [3.63, 3.8) is 0 Å². The second kappa shape index (κ2) is 13.8. The molecule has 0 unspecified atom stereocenters. The summed E-state index contributed by atoms with van der Waals surface area (Å²) in [4.78, 5) is 31.3. The monoisotopic (exact) mass is 565 g/mol. The smallest absolute Gasteiger partial charge is 0.446 e. The lowest BCUT2D eigenvalue weighted by Crippen LogP contribution is -2.23. The van der Waals surface area contributed by atoms with Gasteiger partial charge in [-0.1, -0.05) is 38.1 Å². The van der Waals surface area contributed by atoms with Crippen LogP contribution in [0.4, 0.5) is 13.2 Å². The van der Waals surface area contributed by atoms with Crippen LogP contribution in [0.15, 0.2) is 45.2 Å². The molecule has 0 radical (unpaired) electrons. The Hall–Kier alpha value is -4.08. The number of halogens is 3. The lowest BCUT2D eigenvalue weighted by atomic mass is 10.1. The second-order valence-corrected chi connectivity index (χ2v) is 9.57. The van der Waals surface area contributed by atoms with Gasteiger partial charge in [0.1, 0.15) is 16.8 Å². The SMILES string of the molecule is Cc1ccc(C)c2oc(C(=O)O)cc12.Cc1ccc(C)c2oc(C(=O)OC(C)(C)C)cc12.O=CC(F)(F)F.[2H]CC. The highest BCUT2D eigenvalue weighted by Gasteiger charge is 2.25. The number of hydrogen-bond acceptors (Lipinski definition) is 6. The van der Waals surface area contributed by atoms with Gasteiger partial charge in [0, 0.05) is 12.1 Å². The van der Waals surface area contributed by atoms with Gasteiger partial charge >= 0.3 is 18.1 Å². The lowest BCUT2D eigenvalue weighted by molar-refractivity contribution is -0.156. The van der Waals surface area contributed by atoms with E-state index in [1.807, 2.05) is 72.7 Å². The normalized spacial score (nSPS) is 11.2. The van der Waals surface area contributed by atoms with E-state index in [-0.39, 0.29) is 11.5 Å². The summed E-state index contributed by atoms with van der Waals surface area (Å²) in [6.07, 6.45) is -5.70. The predicted molar refractivity (Wildman–Crippen MR) is 147 cm³/mol. The maximum absolute atomic E-state index is 11.9. The number of carbonyl (C=O) groups is 3. The van der Waals surface area contributed by atoms with Crippen molar-refractivity contribution in [2.45, 2.75) is 74.1 Å². The standard InChI is InChI=1S/C15H18O3.C11H10O3.C2HF3O.C2H6/c1-9-6-7-10(2)13-11(9)8-12(17-13)14(16)18-15(3,4)5;1-6-3-4-7(2)10-8(6)5-9(14-10)11(12)13;3-2(4,5)1-6;1-2/h6-8H,1-5H3;3-5H,1-2H3,(H,12,13);1H;1-2H3/i;;;1D. The van der Waals surface area contributed by atoms with Gasteiger partial charge in [-0.25, -0.2) is 9.59 Å². The van der Waals surface area contributed by atoms with Gasteiger partial charge in [0.15, 0.2) is 0 Å². The highest BCUT2D eigenvalue weighted by molar-refractivity contribution is 5.95. The van der Waals surface area contributed by atoms with Crippen LogP contribution in [0.25, 0.3) is 21.9 Å². The summed E-state index contributed by atoms with van der Waals surface area (Å²) in [5, 5.41) is 10.6. The molecule has 0 aliphatic heterocycles. The largest absolute Gasteiger partial charge is 0.475 e. The number of fused-ring (bicyclic) bond motifs is 2. The Balaban J connectivity index is 0.000000323. The first-order valence-corrected chi connectivity index (χ1v) is 12.1. The van der Waals surface area contributed by atoms with Crippen LogP contribution in [-0.4, -0.2) is 35.1 Å². The number of carboxylic acids is 1. The zero-order valence-electron chi connectivity index (χ0n) is 24.8. The zero-order chi connectivity index (χ0) is 31.7. The Morgan fingerprint density at radius 2 is 1.20 bits per heavy atom. The van der Waals surface area contributed by atoms with Crippen molar-refractivity contribution in [2.75, 3.05) is 0 Å². The van der Waals surface area contributed by atoms with Crippen molar-refractivity contribution in [3.8, 4) is 0 Å². The lowest BCUT2D eigenvalue weighted by Gasteiger charge is -2.18. The van der Waals surface area contributed by atoms with E-state index in [1.54, 1.807) is 19.1 Å². The van der Waals surface area contributed by atoms with E-state index in [0.717, 1.165) is 38.6 Å². The average molecular weight is 566 g/mol. The van der Waals surface area contributed by atoms with E-state index in [1.165, 1.54) is 0 Å². The molecule has 0 saturated heterocycles. The number of alkyl halides is 3. The second-order valence-electron chi connectivity index (χ2n) is 9.57. The van der Waals surface area contributed by atoms with Gasteiger partial charge in [0.05, 0.1) is 0 Å². The Morgan fingerprint density at radius 3 is 1.52 bits per heavy atom. The molecule has 7 nitrogen and oxygen atoms in total. The van der Waals surface area contributed by atoms with Gasteiger partial charge in [-0.15, -0.1) is 0 Å². The van der Waals surface area contributed by atoms with Crippen LogP contribution in [-0.2, 0) is 9.53 Å². The number of hydrogen-bond donors (Lipinski definition) is 1. The molecule has 4 aromatic rings. The number of aryl methyl sites for hydroxylation is 4. The first kappa shape index (κ1) is 32.1. The third-order valence-corrected chi connectivity index (χ3v) is 5.14. The number of rotatable bonds is 2. The van der Waals surface area contributed by atoms with Crippen LogP contribution in [0.2, 0.25) is 0 Å². The molecular weight excluding hydrogens is 529 g/mol. The Bertz CT molecular complexity index is 1410. The Kier molecular flexibility index (Phi) is 11.1. The van der Waals surface area contributed by atoms with Crippen molar-refractivity contribution in [3.05, 3.63) is 70.2 Å². The number of ether oxygens (including phenoxy) is 1. The molecule has 10 heteroatoms. The van der Waals surface area contributed by atoms with Gasteiger partial charge in [0.2, 0.25) is 17.8 Å². The van der Waals surface area contributed by atoms with Crippen LogP contribution in [0.1, 0.15) is 79.3 Å². The molecule has 4 rings (SSSR count). The fourth-order valence-electron chi connectivity index (χ4n) is 3.32. The molecule has 0 amide bonds. The third kappa shape index (κ3) is 9.59. The molecule has 0 aliphatic carbocycles. The molecule has 2 heterocycles. The molecule has 40 heavy (non-hydrogen) atoms. The predicted octanol–water partition coefficient (Wildman–Crippen LogP) is 8.53. The van der Waals surface area contributed by atoms with Crippen molar-refractivity contribution in [1.29, 1.82) is 0 Å². The summed E-state index contributed by atoms with van der Waals surface area (Å²) in [5.74, 6) is -1.19. The minimum Gasteiger partial charge on any atom is -0.475 e. The Morgan fingerprint density at radius 1 is 0.850 bits per heavy atom. The number of benzene rings is 2. The van der Waals surface area contributed by atoms with Crippen molar-refractivity contribution < 1.29 is 47.6 Å². The summed E-state index contributed by atoms with van der Waals surface area (Å²) in [7, 11) is 0. The summed E-state index contributed by atoms with van der Waals surface area (Å²) in [5.41, 5.74) is 5.01. The van der Waals surface area contributed by atoms with Crippen LogP contribution in [0.5, 0.6) is 0 Å². The zero-order valence-corrected chi connectivity index (χ0v) is 23.8. The van der Waals surface area contributed by atoms with Crippen LogP contribution >= 0.6 is 0 Å². The fraction of sp³-hybridized carbons (Fsp3) is 0.367. The maximum atomic E-state index is 11.9. The molecule has 2 aromatic carbocycles. The van der Waals surface area contributed by atoms with Crippen molar-refractivity contribution in [1.82, 2.24) is 0 Å². The number of carboxylic acid groups (broad SMARTS) is 1. The number of aromatic carboxylic acids is 1. The molecule has 0 fully saturated rings. The number of furan rings is 2. The Labute approximate surface area is 232 Å². The highest BCUT2D eigenvalue weighted by Crippen LogP contribution is 2.27. The van der Waals surface area contributed by atoms with Crippen molar-refractivity contribution >= 4 is 40.2 Å². The molecular formula is C30H35F3O7. The molecule has 2 aromatic heterocycles. The minimum absolute atomic E-state index is 0.00241. The summed E-state index contributed by atoms with van der Waals surface area (Å²) in [6, 6.07) is 11.2. The van der Waals surface area contributed by atoms with Crippen LogP contribution < -0.4 is 0 Å². The quantitative estimate of drug-likeness (QED) is 0.192.